The molecule has 0 aromatic heterocycles. The quantitative estimate of drug-likeness (QED) is 0.900. The lowest BCUT2D eigenvalue weighted by Crippen LogP contribution is -2.22. The van der Waals surface area contributed by atoms with E-state index in [0.29, 0.717) is 6.04 Å². The predicted octanol–water partition coefficient (Wildman–Crippen LogP) is 4.14. The molecule has 2 heteroatoms. The summed E-state index contributed by atoms with van der Waals surface area (Å²) < 4.78 is 5.17. The third-order valence-electron chi connectivity index (χ3n) is 3.72. The van der Waals surface area contributed by atoms with Gasteiger partial charge >= 0.3 is 0 Å². The maximum atomic E-state index is 5.17. The van der Waals surface area contributed by atoms with E-state index in [4.69, 9.17) is 4.74 Å². The third-order valence-corrected chi connectivity index (χ3v) is 3.72. The molecule has 2 nitrogen and oxygen atoms in total. The molecule has 1 aliphatic rings. The number of fused-ring (bicyclic) bond motifs is 1. The monoisotopic (exact) mass is 265 g/mol. The molecular weight excluding hydrogens is 246 g/mol. The van der Waals surface area contributed by atoms with Crippen LogP contribution in [0.1, 0.15) is 17.5 Å². The van der Waals surface area contributed by atoms with E-state index in [1.807, 2.05) is 12.1 Å². The van der Waals surface area contributed by atoms with Crippen LogP contribution in [0.4, 0.5) is 5.69 Å². The fourth-order valence-corrected chi connectivity index (χ4v) is 2.55. The highest BCUT2D eigenvalue weighted by Crippen LogP contribution is 2.25. The van der Waals surface area contributed by atoms with Gasteiger partial charge in [-0.3, -0.25) is 0 Å². The van der Waals surface area contributed by atoms with Crippen molar-refractivity contribution in [1.82, 2.24) is 0 Å². The summed E-state index contributed by atoms with van der Waals surface area (Å²) >= 11 is 0. The van der Waals surface area contributed by atoms with Gasteiger partial charge in [0.1, 0.15) is 5.75 Å². The summed E-state index contributed by atoms with van der Waals surface area (Å²) in [6, 6.07) is 17.1. The first-order chi connectivity index (χ1) is 9.85. The van der Waals surface area contributed by atoms with Crippen molar-refractivity contribution in [2.45, 2.75) is 18.9 Å². The van der Waals surface area contributed by atoms with Crippen molar-refractivity contribution in [1.29, 1.82) is 0 Å². The van der Waals surface area contributed by atoms with Crippen molar-refractivity contribution in [2.24, 2.45) is 0 Å². The second-order valence-electron chi connectivity index (χ2n) is 5.08. The molecule has 1 heterocycles. The Morgan fingerprint density at radius 1 is 1.10 bits per heavy atom. The maximum absolute atomic E-state index is 5.17. The fourth-order valence-electron chi connectivity index (χ4n) is 2.55. The Labute approximate surface area is 120 Å². The van der Waals surface area contributed by atoms with E-state index in [-0.39, 0.29) is 0 Å². The van der Waals surface area contributed by atoms with Gasteiger partial charge in [0, 0.05) is 11.7 Å². The molecule has 0 radical (unpaired) electrons. The number of rotatable bonds is 3. The lowest BCUT2D eigenvalue weighted by Gasteiger charge is -2.24. The highest BCUT2D eigenvalue weighted by atomic mass is 16.5. The van der Waals surface area contributed by atoms with Crippen LogP contribution in [0.5, 0.6) is 5.75 Å². The summed E-state index contributed by atoms with van der Waals surface area (Å²) in [5.74, 6) is 0.895. The van der Waals surface area contributed by atoms with Crippen LogP contribution in [0.2, 0.25) is 0 Å². The molecule has 2 aromatic rings. The largest absolute Gasteiger partial charge is 0.497 e. The molecule has 0 aliphatic carbocycles. The Morgan fingerprint density at radius 2 is 1.90 bits per heavy atom. The number of aryl methyl sites for hydroxylation is 1. The van der Waals surface area contributed by atoms with Crippen LogP contribution in [0.15, 0.2) is 54.6 Å². The Morgan fingerprint density at radius 3 is 2.70 bits per heavy atom. The molecule has 1 atom stereocenters. The number of para-hydroxylation sites is 1. The number of hydrogen-bond acceptors (Lipinski definition) is 2. The lowest BCUT2D eigenvalue weighted by molar-refractivity contribution is 0.415. The van der Waals surface area contributed by atoms with Crippen LogP contribution in [-0.4, -0.2) is 13.2 Å². The molecular formula is C18H19NO. The smallest absolute Gasteiger partial charge is 0.118 e. The molecule has 0 fully saturated rings. The van der Waals surface area contributed by atoms with Crippen LogP contribution in [0, 0.1) is 0 Å². The van der Waals surface area contributed by atoms with Crippen molar-refractivity contribution < 1.29 is 4.74 Å². The number of ether oxygens (including phenoxy) is 1. The average Bonchev–Trinajstić information content (AvgIpc) is 2.53. The molecule has 1 unspecified atom stereocenters. The zero-order valence-electron chi connectivity index (χ0n) is 11.7. The standard InChI is InChI=1S/C18H19NO/c1-20-17-12-7-14(8-13-17)6-10-16-11-9-15-4-2-3-5-18(15)19-16/h2-8,10,12-13,16,19H,9,11H2,1H3/b10-6+. The van der Waals surface area contributed by atoms with Gasteiger partial charge in [-0.15, -0.1) is 0 Å². The Bertz CT molecular complexity index is 601. The molecule has 0 spiro atoms. The topological polar surface area (TPSA) is 21.3 Å². The average molecular weight is 265 g/mol. The zero-order chi connectivity index (χ0) is 13.8. The maximum Gasteiger partial charge on any atom is 0.118 e. The van der Waals surface area contributed by atoms with Gasteiger partial charge in [-0.25, -0.2) is 0 Å². The van der Waals surface area contributed by atoms with E-state index in [1.165, 1.54) is 16.8 Å². The lowest BCUT2D eigenvalue weighted by atomic mass is 9.97. The van der Waals surface area contributed by atoms with E-state index in [0.717, 1.165) is 18.6 Å². The van der Waals surface area contributed by atoms with Crippen molar-refractivity contribution in [3.8, 4) is 5.75 Å². The minimum Gasteiger partial charge on any atom is -0.497 e. The fraction of sp³-hybridized carbons (Fsp3) is 0.222. The Balaban J connectivity index is 1.68. The molecule has 1 aliphatic heterocycles. The summed E-state index contributed by atoms with van der Waals surface area (Å²) in [4.78, 5) is 0. The summed E-state index contributed by atoms with van der Waals surface area (Å²) in [5, 5.41) is 3.58. The minimum atomic E-state index is 0.409. The van der Waals surface area contributed by atoms with Gasteiger partial charge < -0.3 is 10.1 Å². The number of benzene rings is 2. The van der Waals surface area contributed by atoms with Crippen molar-refractivity contribution in [2.75, 3.05) is 12.4 Å². The van der Waals surface area contributed by atoms with Gasteiger partial charge in [-0.1, -0.05) is 42.5 Å². The first-order valence-electron chi connectivity index (χ1n) is 7.02. The summed E-state index contributed by atoms with van der Waals surface area (Å²) in [6.07, 6.45) is 6.70. The Kier molecular flexibility index (Phi) is 3.73. The zero-order valence-corrected chi connectivity index (χ0v) is 11.7. The van der Waals surface area contributed by atoms with Gasteiger partial charge in [0.25, 0.3) is 0 Å². The molecule has 0 bridgehead atoms. The SMILES string of the molecule is COc1ccc(/C=C/C2CCc3ccccc3N2)cc1. The van der Waals surface area contributed by atoms with Crippen molar-refractivity contribution in [3.05, 3.63) is 65.7 Å². The van der Waals surface area contributed by atoms with Crippen LogP contribution in [-0.2, 0) is 6.42 Å². The molecule has 3 rings (SSSR count). The van der Waals surface area contributed by atoms with Crippen LogP contribution < -0.4 is 10.1 Å². The second kappa shape index (κ2) is 5.83. The number of nitrogens with one attached hydrogen (secondary N) is 1. The highest BCUT2D eigenvalue weighted by molar-refractivity contribution is 5.57. The highest BCUT2D eigenvalue weighted by Gasteiger charge is 2.14. The van der Waals surface area contributed by atoms with Crippen LogP contribution in [0.25, 0.3) is 6.08 Å². The molecule has 2 aromatic carbocycles. The second-order valence-corrected chi connectivity index (χ2v) is 5.08. The summed E-state index contributed by atoms with van der Waals surface area (Å²) in [7, 11) is 1.69. The van der Waals surface area contributed by atoms with Gasteiger partial charge in [-0.05, 0) is 42.2 Å². The molecule has 102 valence electrons. The first kappa shape index (κ1) is 12.8. The van der Waals surface area contributed by atoms with E-state index in [9.17, 15) is 0 Å². The molecule has 20 heavy (non-hydrogen) atoms. The molecule has 0 saturated heterocycles. The third kappa shape index (κ3) is 2.85. The Hall–Kier alpha value is -2.22. The summed E-state index contributed by atoms with van der Waals surface area (Å²) in [5.41, 5.74) is 3.89. The molecule has 0 saturated carbocycles. The van der Waals surface area contributed by atoms with Crippen LogP contribution in [0.3, 0.4) is 0 Å². The number of methoxy groups -OCH3 is 1. The predicted molar refractivity (Wildman–Crippen MR) is 84.2 cm³/mol. The van der Waals surface area contributed by atoms with Crippen molar-refractivity contribution in [3.63, 3.8) is 0 Å². The minimum absolute atomic E-state index is 0.409. The summed E-state index contributed by atoms with van der Waals surface area (Å²) in [6.45, 7) is 0. The van der Waals surface area contributed by atoms with Crippen molar-refractivity contribution >= 4 is 11.8 Å². The van der Waals surface area contributed by atoms with E-state index in [1.54, 1.807) is 7.11 Å². The normalized spacial score (nSPS) is 17.6. The van der Waals surface area contributed by atoms with Crippen LogP contribution >= 0.6 is 0 Å². The van der Waals surface area contributed by atoms with Gasteiger partial charge in [-0.2, -0.15) is 0 Å². The number of anilines is 1. The molecule has 1 N–H and O–H groups in total. The van der Waals surface area contributed by atoms with E-state index < -0.39 is 0 Å². The van der Waals surface area contributed by atoms with Gasteiger partial charge in [0.05, 0.1) is 7.11 Å². The van der Waals surface area contributed by atoms with E-state index in [2.05, 4.69) is 53.9 Å². The van der Waals surface area contributed by atoms with Gasteiger partial charge in [0.15, 0.2) is 0 Å². The van der Waals surface area contributed by atoms with Gasteiger partial charge in [0.2, 0.25) is 0 Å². The van der Waals surface area contributed by atoms with E-state index >= 15 is 0 Å². The first-order valence-corrected chi connectivity index (χ1v) is 7.02. The number of hydrogen-bond donors (Lipinski definition) is 1. The molecule has 0 amide bonds.